The van der Waals surface area contributed by atoms with Gasteiger partial charge in [0.1, 0.15) is 5.75 Å². The molecule has 1 aliphatic carbocycles. The van der Waals surface area contributed by atoms with Gasteiger partial charge in [-0.25, -0.2) is 8.78 Å². The van der Waals surface area contributed by atoms with E-state index in [9.17, 15) is 8.78 Å². The monoisotopic (exact) mass is 384 g/mol. The Morgan fingerprint density at radius 1 is 0.621 bits per heavy atom. The Morgan fingerprint density at radius 3 is 1.76 bits per heavy atom. The van der Waals surface area contributed by atoms with E-state index in [4.69, 9.17) is 4.74 Å². The number of ether oxygens (including phenoxy) is 1. The topological polar surface area (TPSA) is 9.23 Å². The van der Waals surface area contributed by atoms with Crippen LogP contribution in [0.15, 0.2) is 91.0 Å². The molecule has 29 heavy (non-hydrogen) atoms. The van der Waals surface area contributed by atoms with Crippen LogP contribution in [0.25, 0.3) is 11.1 Å². The maximum absolute atomic E-state index is 14.5. The van der Waals surface area contributed by atoms with Gasteiger partial charge < -0.3 is 4.74 Å². The van der Waals surface area contributed by atoms with E-state index in [1.165, 1.54) is 12.1 Å². The fourth-order valence-electron chi connectivity index (χ4n) is 4.59. The molecule has 4 aromatic carbocycles. The Morgan fingerprint density at radius 2 is 1.17 bits per heavy atom. The van der Waals surface area contributed by atoms with E-state index in [1.807, 2.05) is 78.9 Å². The third-order valence-electron chi connectivity index (χ3n) is 5.80. The number of fused-ring (bicyclic) bond motifs is 3. The van der Waals surface area contributed by atoms with Crippen LogP contribution in [0.4, 0.5) is 8.78 Å². The van der Waals surface area contributed by atoms with Crippen molar-refractivity contribution in [3.05, 3.63) is 125 Å². The van der Waals surface area contributed by atoms with Gasteiger partial charge in [-0.05, 0) is 57.6 Å². The molecule has 1 aliphatic rings. The van der Waals surface area contributed by atoms with Gasteiger partial charge in [-0.2, -0.15) is 0 Å². The Hall–Kier alpha value is -3.46. The van der Waals surface area contributed by atoms with Crippen LogP contribution in [0.2, 0.25) is 0 Å². The quantitative estimate of drug-likeness (QED) is 0.353. The zero-order valence-corrected chi connectivity index (χ0v) is 15.8. The minimum Gasteiger partial charge on any atom is -0.497 e. The lowest BCUT2D eigenvalue weighted by atomic mass is 9.67. The summed E-state index contributed by atoms with van der Waals surface area (Å²) in [6, 6.07) is 28.3. The van der Waals surface area contributed by atoms with Crippen molar-refractivity contribution in [1.82, 2.24) is 0 Å². The third kappa shape index (κ3) is 2.44. The summed E-state index contributed by atoms with van der Waals surface area (Å²) >= 11 is 0. The predicted octanol–water partition coefficient (Wildman–Crippen LogP) is 6.34. The molecule has 142 valence electrons. The zero-order valence-electron chi connectivity index (χ0n) is 15.8. The Labute approximate surface area is 168 Å². The molecule has 0 amide bonds. The van der Waals surface area contributed by atoms with Gasteiger partial charge in [0, 0.05) is 0 Å². The molecule has 4 aromatic rings. The van der Waals surface area contributed by atoms with Crippen LogP contribution in [-0.4, -0.2) is 7.11 Å². The molecule has 0 fully saturated rings. The molecule has 0 bridgehead atoms. The van der Waals surface area contributed by atoms with E-state index in [0.29, 0.717) is 11.3 Å². The molecule has 0 aromatic heterocycles. The summed E-state index contributed by atoms with van der Waals surface area (Å²) in [7, 11) is 1.62. The minimum atomic E-state index is -0.847. The first-order valence-electron chi connectivity index (χ1n) is 9.45. The van der Waals surface area contributed by atoms with E-state index < -0.39 is 17.0 Å². The first-order valence-corrected chi connectivity index (χ1v) is 9.45. The highest BCUT2D eigenvalue weighted by molar-refractivity contribution is 5.86. The van der Waals surface area contributed by atoms with Crippen molar-refractivity contribution in [1.29, 1.82) is 0 Å². The van der Waals surface area contributed by atoms with Gasteiger partial charge >= 0.3 is 0 Å². The number of benzene rings is 4. The van der Waals surface area contributed by atoms with Crippen LogP contribution in [0, 0.1) is 11.6 Å². The van der Waals surface area contributed by atoms with E-state index in [-0.39, 0.29) is 0 Å². The van der Waals surface area contributed by atoms with Gasteiger partial charge in [-0.1, -0.05) is 66.7 Å². The number of rotatable bonds is 3. The highest BCUT2D eigenvalue weighted by atomic mass is 19.2. The van der Waals surface area contributed by atoms with E-state index in [0.717, 1.165) is 27.8 Å². The summed E-state index contributed by atoms with van der Waals surface area (Å²) < 4.78 is 34.3. The molecule has 0 radical (unpaired) electrons. The van der Waals surface area contributed by atoms with Gasteiger partial charge in [-0.3, -0.25) is 0 Å². The molecule has 0 aliphatic heterocycles. The van der Waals surface area contributed by atoms with Gasteiger partial charge in [0.05, 0.1) is 12.5 Å². The third-order valence-corrected chi connectivity index (χ3v) is 5.80. The van der Waals surface area contributed by atoms with Gasteiger partial charge in [0.15, 0.2) is 11.6 Å². The second-order valence-electron chi connectivity index (χ2n) is 7.21. The van der Waals surface area contributed by atoms with Crippen LogP contribution in [-0.2, 0) is 5.41 Å². The smallest absolute Gasteiger partial charge is 0.159 e. The van der Waals surface area contributed by atoms with Crippen molar-refractivity contribution in [2.45, 2.75) is 5.41 Å². The summed E-state index contributed by atoms with van der Waals surface area (Å²) in [5, 5.41) is 0. The lowest BCUT2D eigenvalue weighted by Crippen LogP contribution is -2.28. The fraction of sp³-hybridized carbons (Fsp3) is 0.0769. The fourth-order valence-corrected chi connectivity index (χ4v) is 4.59. The molecule has 0 unspecified atom stereocenters. The molecule has 5 rings (SSSR count). The average molecular weight is 384 g/mol. The van der Waals surface area contributed by atoms with Gasteiger partial charge in [-0.15, -0.1) is 0 Å². The Kier molecular flexibility index (Phi) is 3.99. The van der Waals surface area contributed by atoms with Crippen molar-refractivity contribution in [2.24, 2.45) is 0 Å². The van der Waals surface area contributed by atoms with Gasteiger partial charge in [0.25, 0.3) is 0 Å². The van der Waals surface area contributed by atoms with E-state index in [2.05, 4.69) is 0 Å². The molecule has 0 atom stereocenters. The van der Waals surface area contributed by atoms with E-state index in [1.54, 1.807) is 7.11 Å². The van der Waals surface area contributed by atoms with Crippen LogP contribution < -0.4 is 4.74 Å². The summed E-state index contributed by atoms with van der Waals surface area (Å²) in [6.07, 6.45) is 0. The van der Waals surface area contributed by atoms with Gasteiger partial charge in [0.2, 0.25) is 0 Å². The van der Waals surface area contributed by atoms with Crippen LogP contribution >= 0.6 is 0 Å². The van der Waals surface area contributed by atoms with Crippen molar-refractivity contribution in [2.75, 3.05) is 7.11 Å². The highest BCUT2D eigenvalue weighted by Crippen LogP contribution is 2.57. The first kappa shape index (κ1) is 17.6. The summed E-state index contributed by atoms with van der Waals surface area (Å²) in [4.78, 5) is 0. The molecular weight excluding hydrogens is 366 g/mol. The highest BCUT2D eigenvalue weighted by Gasteiger charge is 2.46. The Bertz CT molecular complexity index is 1160. The summed E-state index contributed by atoms with van der Waals surface area (Å²) in [6.45, 7) is 0. The molecule has 3 heteroatoms. The van der Waals surface area contributed by atoms with Crippen molar-refractivity contribution < 1.29 is 13.5 Å². The Balaban J connectivity index is 1.99. The minimum absolute atomic E-state index is 0.703. The van der Waals surface area contributed by atoms with Crippen molar-refractivity contribution in [3.63, 3.8) is 0 Å². The van der Waals surface area contributed by atoms with E-state index >= 15 is 0 Å². The predicted molar refractivity (Wildman–Crippen MR) is 110 cm³/mol. The molecule has 0 spiro atoms. The molecular formula is C26H18F2O. The molecule has 0 saturated carbocycles. The molecule has 1 nitrogen and oxygen atoms in total. The standard InChI is InChI=1S/C26H18F2O/c1-29-19-12-13-20-21-15-24(27)25(28)16-23(21)26(22(20)14-19,17-8-4-2-5-9-17)18-10-6-3-7-11-18/h2-16H,1H3. The second kappa shape index (κ2) is 6.56. The number of halogens is 2. The molecule has 0 N–H and O–H groups in total. The largest absolute Gasteiger partial charge is 0.497 e. The lowest BCUT2D eigenvalue weighted by molar-refractivity contribution is 0.414. The van der Waals surface area contributed by atoms with Crippen molar-refractivity contribution in [3.8, 4) is 16.9 Å². The SMILES string of the molecule is COc1ccc2c(c1)C(c1ccccc1)(c1ccccc1)c1cc(F)c(F)cc1-2. The maximum atomic E-state index is 14.5. The second-order valence-corrected chi connectivity index (χ2v) is 7.21. The number of methoxy groups -OCH3 is 1. The van der Waals surface area contributed by atoms with Crippen LogP contribution in [0.3, 0.4) is 0 Å². The average Bonchev–Trinajstić information content (AvgIpc) is 3.04. The zero-order chi connectivity index (χ0) is 20.0. The molecule has 0 heterocycles. The van der Waals surface area contributed by atoms with Crippen LogP contribution in [0.1, 0.15) is 22.3 Å². The number of hydrogen-bond donors (Lipinski definition) is 0. The summed E-state index contributed by atoms with van der Waals surface area (Å²) in [5.74, 6) is -0.990. The normalized spacial score (nSPS) is 13.6. The first-order chi connectivity index (χ1) is 14.2. The number of hydrogen-bond acceptors (Lipinski definition) is 1. The lowest BCUT2D eigenvalue weighted by Gasteiger charge is -2.34. The van der Waals surface area contributed by atoms with Crippen molar-refractivity contribution >= 4 is 0 Å². The molecule has 0 saturated heterocycles. The summed E-state index contributed by atoms with van der Waals surface area (Å²) in [5.41, 5.74) is 4.49. The maximum Gasteiger partial charge on any atom is 0.159 e. The van der Waals surface area contributed by atoms with Crippen LogP contribution in [0.5, 0.6) is 5.75 Å².